The molecule has 1 heterocycles. The van der Waals surface area contributed by atoms with Gasteiger partial charge in [0.1, 0.15) is 5.82 Å². The average Bonchev–Trinajstić information content (AvgIpc) is 2.81. The molecule has 1 saturated heterocycles. The van der Waals surface area contributed by atoms with Gasteiger partial charge in [-0.25, -0.2) is 4.39 Å². The summed E-state index contributed by atoms with van der Waals surface area (Å²) in [7, 11) is 0. The van der Waals surface area contributed by atoms with Gasteiger partial charge in [0.2, 0.25) is 5.91 Å². The molecule has 4 rings (SSSR count). The molecule has 4 atom stereocenters. The highest BCUT2D eigenvalue weighted by Gasteiger charge is 2.47. The van der Waals surface area contributed by atoms with E-state index in [1.54, 1.807) is 24.3 Å². The minimum Gasteiger partial charge on any atom is -0.481 e. The van der Waals surface area contributed by atoms with Gasteiger partial charge in [-0.15, -0.1) is 0 Å². The quantitative estimate of drug-likeness (QED) is 0.396. The summed E-state index contributed by atoms with van der Waals surface area (Å²) in [4.78, 5) is 25.7. The second-order valence-electron chi connectivity index (χ2n) is 10.0. The highest BCUT2D eigenvalue weighted by molar-refractivity contribution is 9.10. The third kappa shape index (κ3) is 6.32. The molecule has 6 nitrogen and oxygen atoms in total. The number of carboxylic acid groups (broad SMARTS) is 1. The molecule has 1 saturated carbocycles. The second-order valence-corrected chi connectivity index (χ2v) is 10.9. The zero-order chi connectivity index (χ0) is 27.0. The fraction of sp³-hybridized carbons (Fsp3) is 0.462. The molecule has 2 N–H and O–H groups in total. The number of benzene rings is 2. The minimum atomic E-state index is -4.74. The van der Waals surface area contributed by atoms with Gasteiger partial charge >= 0.3 is 12.1 Å². The third-order valence-corrected chi connectivity index (χ3v) is 7.47. The number of carboxylic acids is 1. The number of amides is 1. The van der Waals surface area contributed by atoms with Crippen LogP contribution in [0.1, 0.15) is 36.8 Å². The molecule has 200 valence electrons. The molecule has 2 fully saturated rings. The normalized spacial score (nSPS) is 25.2. The molecule has 1 aliphatic carbocycles. The van der Waals surface area contributed by atoms with Crippen LogP contribution in [0.15, 0.2) is 46.9 Å². The molecule has 37 heavy (non-hydrogen) atoms. The molecule has 2 aliphatic rings. The summed E-state index contributed by atoms with van der Waals surface area (Å²) in [6, 6.07) is 8.88. The highest BCUT2D eigenvalue weighted by Crippen LogP contribution is 2.44. The maximum atomic E-state index is 14.4. The first kappa shape index (κ1) is 27.5. The van der Waals surface area contributed by atoms with Gasteiger partial charge in [-0.2, -0.15) is 13.2 Å². The number of carbonyl (C=O) groups excluding carboxylic acids is 1. The molecule has 2 aromatic carbocycles. The predicted molar refractivity (Wildman–Crippen MR) is 129 cm³/mol. The summed E-state index contributed by atoms with van der Waals surface area (Å²) in [6.07, 6.45) is -4.79. The van der Waals surface area contributed by atoms with Gasteiger partial charge in [0.15, 0.2) is 0 Å². The summed E-state index contributed by atoms with van der Waals surface area (Å²) in [5.41, 5.74) is -1.11. The lowest BCUT2D eigenvalue weighted by atomic mass is 9.67. The first-order valence-electron chi connectivity index (χ1n) is 11.7. The summed E-state index contributed by atoms with van der Waals surface area (Å²) >= 11 is 3.36. The fourth-order valence-corrected chi connectivity index (χ4v) is 5.18. The second kappa shape index (κ2) is 10.7. The van der Waals surface area contributed by atoms with Crippen molar-refractivity contribution in [3.8, 4) is 0 Å². The largest absolute Gasteiger partial charge is 0.481 e. The van der Waals surface area contributed by atoms with Crippen LogP contribution in [0.5, 0.6) is 0 Å². The van der Waals surface area contributed by atoms with Gasteiger partial charge in [0.05, 0.1) is 49.0 Å². The Labute approximate surface area is 219 Å². The van der Waals surface area contributed by atoms with Gasteiger partial charge in [0.25, 0.3) is 0 Å². The number of nitrogens with one attached hydrogen (secondary N) is 1. The van der Waals surface area contributed by atoms with E-state index in [9.17, 15) is 32.3 Å². The fourth-order valence-electron chi connectivity index (χ4n) is 4.91. The van der Waals surface area contributed by atoms with E-state index >= 15 is 0 Å². The van der Waals surface area contributed by atoms with Crippen LogP contribution < -0.4 is 5.32 Å². The van der Waals surface area contributed by atoms with Crippen LogP contribution in [0.4, 0.5) is 23.2 Å². The van der Waals surface area contributed by atoms with Crippen molar-refractivity contribution in [3.05, 3.63) is 63.9 Å². The van der Waals surface area contributed by atoms with Gasteiger partial charge in [-0.1, -0.05) is 35.0 Å². The molecule has 1 aliphatic heterocycles. The number of aliphatic carboxylic acids is 1. The van der Waals surface area contributed by atoms with E-state index in [2.05, 4.69) is 21.2 Å². The van der Waals surface area contributed by atoms with Crippen LogP contribution >= 0.6 is 15.9 Å². The van der Waals surface area contributed by atoms with Crippen LogP contribution in [0.2, 0.25) is 0 Å². The molecule has 11 heteroatoms. The molecule has 2 aromatic rings. The van der Waals surface area contributed by atoms with Crippen LogP contribution in [0.3, 0.4) is 0 Å². The van der Waals surface area contributed by atoms with E-state index in [0.29, 0.717) is 43.9 Å². The minimum absolute atomic E-state index is 0.0645. The molecule has 0 aromatic heterocycles. The summed E-state index contributed by atoms with van der Waals surface area (Å²) in [6.45, 7) is 3.43. The standard InChI is InChI=1S/C26H26BrF4NO5/c1-25(11-36-12-25)13-37-17-9-18(14-2-5-16(27)6-3-14)22(24(34)35)19(10-17)23(33)32-21-7-4-15(8-20(21)28)26(29,30)31/h2-8,17-19,22H,9-13H2,1H3,(H,32,33)(H,34,35)/t17-,18-,19-,22-/m1/s1. The van der Waals surface area contributed by atoms with E-state index in [1.165, 1.54) is 0 Å². The number of rotatable bonds is 7. The first-order valence-corrected chi connectivity index (χ1v) is 12.5. The van der Waals surface area contributed by atoms with E-state index < -0.39 is 59.0 Å². The molecule has 0 bridgehead atoms. The lowest BCUT2D eigenvalue weighted by molar-refractivity contribution is -0.164. The topological polar surface area (TPSA) is 84.9 Å². The van der Waals surface area contributed by atoms with Crippen molar-refractivity contribution in [2.45, 2.75) is 38.0 Å². The van der Waals surface area contributed by atoms with E-state index in [4.69, 9.17) is 9.47 Å². The predicted octanol–water partition coefficient (Wildman–Crippen LogP) is 5.86. The summed E-state index contributed by atoms with van der Waals surface area (Å²) in [5, 5.41) is 12.4. The summed E-state index contributed by atoms with van der Waals surface area (Å²) < 4.78 is 65.4. The molecular weight excluding hydrogens is 562 g/mol. The number of anilines is 1. The van der Waals surface area contributed by atoms with Crippen molar-refractivity contribution >= 4 is 33.5 Å². The van der Waals surface area contributed by atoms with Crippen molar-refractivity contribution in [1.29, 1.82) is 0 Å². The Morgan fingerprint density at radius 2 is 1.84 bits per heavy atom. The van der Waals surface area contributed by atoms with Gasteiger partial charge in [0, 0.05) is 15.8 Å². The van der Waals surface area contributed by atoms with Gasteiger partial charge in [-0.05, 0) is 48.7 Å². The Kier molecular flexibility index (Phi) is 7.96. The van der Waals surface area contributed by atoms with E-state index in [0.717, 1.165) is 10.5 Å². The van der Waals surface area contributed by atoms with E-state index in [1.807, 2.05) is 6.92 Å². The molecule has 0 spiro atoms. The van der Waals surface area contributed by atoms with Crippen LogP contribution in [0, 0.1) is 23.1 Å². The zero-order valence-electron chi connectivity index (χ0n) is 19.9. The first-order chi connectivity index (χ1) is 17.4. The molecule has 0 unspecified atom stereocenters. The monoisotopic (exact) mass is 587 g/mol. The Morgan fingerprint density at radius 1 is 1.16 bits per heavy atom. The van der Waals surface area contributed by atoms with Crippen LogP contribution in [-0.4, -0.2) is 42.9 Å². The van der Waals surface area contributed by atoms with E-state index in [-0.39, 0.29) is 11.8 Å². The van der Waals surface area contributed by atoms with Crippen molar-refractivity contribution in [1.82, 2.24) is 0 Å². The Hall–Kier alpha value is -2.50. The maximum Gasteiger partial charge on any atom is 0.416 e. The number of hydrogen-bond acceptors (Lipinski definition) is 4. The Bertz CT molecular complexity index is 1150. The zero-order valence-corrected chi connectivity index (χ0v) is 21.4. The average molecular weight is 588 g/mol. The molecular formula is C26H26BrF4NO5. The van der Waals surface area contributed by atoms with Gasteiger partial charge < -0.3 is 19.9 Å². The number of alkyl halides is 3. The van der Waals surface area contributed by atoms with Crippen molar-refractivity contribution in [3.63, 3.8) is 0 Å². The SMILES string of the molecule is CC1(CO[C@@H]2C[C@H](c3ccc(Br)cc3)[C@@H](C(=O)O)[C@H](C(=O)Nc3ccc(C(F)(F)F)cc3F)C2)COC1. The van der Waals surface area contributed by atoms with Crippen LogP contribution in [-0.2, 0) is 25.2 Å². The third-order valence-electron chi connectivity index (χ3n) is 6.94. The smallest absolute Gasteiger partial charge is 0.416 e. The van der Waals surface area contributed by atoms with Crippen LogP contribution in [0.25, 0.3) is 0 Å². The summed E-state index contributed by atoms with van der Waals surface area (Å²) in [5.74, 6) is -6.10. The number of halogens is 5. The lowest BCUT2D eigenvalue weighted by Gasteiger charge is -2.42. The Morgan fingerprint density at radius 3 is 2.38 bits per heavy atom. The molecule has 0 radical (unpaired) electrons. The number of ether oxygens (including phenoxy) is 2. The maximum absolute atomic E-state index is 14.4. The lowest BCUT2D eigenvalue weighted by Crippen LogP contribution is -2.48. The van der Waals surface area contributed by atoms with Crippen molar-refractivity contribution in [2.24, 2.45) is 17.3 Å². The number of hydrogen-bond donors (Lipinski definition) is 2. The Balaban J connectivity index is 1.61. The van der Waals surface area contributed by atoms with Gasteiger partial charge in [-0.3, -0.25) is 9.59 Å². The van der Waals surface area contributed by atoms with Crippen molar-refractivity contribution in [2.75, 3.05) is 25.1 Å². The number of carbonyl (C=O) groups is 2. The highest BCUT2D eigenvalue weighted by atomic mass is 79.9. The van der Waals surface area contributed by atoms with Crippen molar-refractivity contribution < 1.29 is 41.7 Å². The molecule has 1 amide bonds.